The minimum Gasteiger partial charge on any atom is -0.465 e. The van der Waals surface area contributed by atoms with Gasteiger partial charge in [-0.2, -0.15) is 13.2 Å². The van der Waals surface area contributed by atoms with Gasteiger partial charge in [0.05, 0.1) is 29.6 Å². The van der Waals surface area contributed by atoms with Gasteiger partial charge in [0, 0.05) is 0 Å². The van der Waals surface area contributed by atoms with E-state index in [1.54, 1.807) is 0 Å². The van der Waals surface area contributed by atoms with E-state index in [2.05, 4.69) is 10.1 Å². The number of alkyl halides is 3. The molecule has 0 atom stereocenters. The first-order valence-corrected chi connectivity index (χ1v) is 6.84. The minimum absolute atomic E-state index is 0. The fourth-order valence-corrected chi connectivity index (χ4v) is 1.95. The van der Waals surface area contributed by atoms with E-state index in [0.29, 0.717) is 18.2 Å². The number of halogens is 5. The number of anilines is 2. The number of amides is 2. The van der Waals surface area contributed by atoms with Gasteiger partial charge in [0.15, 0.2) is 0 Å². The molecule has 2 N–H and O–H groups in total. The zero-order chi connectivity index (χ0) is 18.6. The highest BCUT2D eigenvalue weighted by Gasteiger charge is 2.31. The second kappa shape index (κ2) is 8.52. The average molecular weight is 393 g/mol. The van der Waals surface area contributed by atoms with Crippen LogP contribution in [0.4, 0.5) is 33.7 Å². The predicted molar refractivity (Wildman–Crippen MR) is 89.1 cm³/mol. The topological polar surface area (TPSA) is 67.4 Å². The van der Waals surface area contributed by atoms with E-state index in [1.165, 1.54) is 24.3 Å². The van der Waals surface area contributed by atoms with Crippen LogP contribution in [0.2, 0.25) is 0 Å². The Bertz CT molecular complexity index is 812. The quantitative estimate of drug-likeness (QED) is 0.588. The summed E-state index contributed by atoms with van der Waals surface area (Å²) >= 11 is 0. The molecule has 0 aliphatic rings. The lowest BCUT2D eigenvalue weighted by atomic mass is 10.1. The number of nitrogens with one attached hydrogen (secondary N) is 2. The highest BCUT2D eigenvalue weighted by Crippen LogP contribution is 2.31. The number of hydrogen-bond donors (Lipinski definition) is 2. The Morgan fingerprint density at radius 3 is 2.23 bits per heavy atom. The van der Waals surface area contributed by atoms with Crippen molar-refractivity contribution >= 4 is 35.8 Å². The van der Waals surface area contributed by atoms with Crippen molar-refractivity contribution in [1.29, 1.82) is 0 Å². The maximum Gasteiger partial charge on any atom is 0.416 e. The number of ether oxygens (including phenoxy) is 1. The van der Waals surface area contributed by atoms with Crippen LogP contribution in [0.25, 0.3) is 0 Å². The third-order valence-electron chi connectivity index (χ3n) is 3.12. The van der Waals surface area contributed by atoms with Gasteiger partial charge in [-0.05, 0) is 30.3 Å². The molecule has 26 heavy (non-hydrogen) atoms. The molecule has 0 unspecified atom stereocenters. The van der Waals surface area contributed by atoms with Gasteiger partial charge >= 0.3 is 18.2 Å². The van der Waals surface area contributed by atoms with Crippen LogP contribution in [0.1, 0.15) is 15.9 Å². The van der Waals surface area contributed by atoms with Crippen LogP contribution in [0.5, 0.6) is 0 Å². The van der Waals surface area contributed by atoms with Gasteiger partial charge in [-0.15, -0.1) is 12.4 Å². The largest absolute Gasteiger partial charge is 0.465 e. The number of rotatable bonds is 3. The number of urea groups is 1. The summed E-state index contributed by atoms with van der Waals surface area (Å²) in [6, 6.07) is 6.43. The van der Waals surface area contributed by atoms with Crippen LogP contribution in [0, 0.1) is 5.82 Å². The Balaban J connectivity index is 0.00000338. The summed E-state index contributed by atoms with van der Waals surface area (Å²) in [5.74, 6) is -1.76. The lowest BCUT2D eigenvalue weighted by Crippen LogP contribution is -2.22. The van der Waals surface area contributed by atoms with Crippen molar-refractivity contribution in [1.82, 2.24) is 0 Å². The molecule has 0 radical (unpaired) electrons. The van der Waals surface area contributed by atoms with Crippen LogP contribution in [0.15, 0.2) is 42.5 Å². The summed E-state index contributed by atoms with van der Waals surface area (Å²) in [5, 5.41) is 4.24. The Morgan fingerprint density at radius 1 is 1.00 bits per heavy atom. The Kier molecular flexibility index (Phi) is 6.96. The first-order valence-electron chi connectivity index (χ1n) is 6.84. The van der Waals surface area contributed by atoms with Gasteiger partial charge in [-0.1, -0.05) is 12.1 Å². The second-order valence-electron chi connectivity index (χ2n) is 4.81. The van der Waals surface area contributed by atoms with Gasteiger partial charge in [0.25, 0.3) is 0 Å². The molecule has 0 fully saturated rings. The number of carbonyl (C=O) groups excluding carboxylic acids is 2. The maximum absolute atomic E-state index is 13.6. The number of para-hydroxylation sites is 1. The predicted octanol–water partition coefficient (Wildman–Crippen LogP) is 4.70. The molecule has 0 saturated carbocycles. The summed E-state index contributed by atoms with van der Waals surface area (Å²) in [6.07, 6.45) is -4.68. The molecule has 0 saturated heterocycles. The van der Waals surface area contributed by atoms with Crippen molar-refractivity contribution in [3.63, 3.8) is 0 Å². The Hall–Kier alpha value is -2.81. The smallest absolute Gasteiger partial charge is 0.416 e. The number of hydrogen-bond acceptors (Lipinski definition) is 3. The summed E-state index contributed by atoms with van der Waals surface area (Å²) in [6.45, 7) is 0. The van der Waals surface area contributed by atoms with Crippen LogP contribution >= 0.6 is 12.4 Å². The van der Waals surface area contributed by atoms with E-state index in [4.69, 9.17) is 0 Å². The molecule has 0 bridgehead atoms. The first kappa shape index (κ1) is 21.2. The van der Waals surface area contributed by atoms with Crippen LogP contribution in [0.3, 0.4) is 0 Å². The van der Waals surface area contributed by atoms with Crippen molar-refractivity contribution in [2.45, 2.75) is 6.18 Å². The summed E-state index contributed by atoms with van der Waals surface area (Å²) in [7, 11) is 1.15. The fourth-order valence-electron chi connectivity index (χ4n) is 1.95. The van der Waals surface area contributed by atoms with Gasteiger partial charge in [-0.25, -0.2) is 14.0 Å². The van der Waals surface area contributed by atoms with Gasteiger partial charge < -0.3 is 15.4 Å². The molecule has 2 rings (SSSR count). The molecule has 2 aromatic rings. The second-order valence-corrected chi connectivity index (χ2v) is 4.81. The van der Waals surface area contributed by atoms with E-state index >= 15 is 0 Å². The molecular weight excluding hydrogens is 380 g/mol. The normalized spacial score (nSPS) is 10.5. The standard InChI is InChI=1S/C16H12F4N2O3.ClH/c1-25-14(23)10-4-2-3-5-12(10)21-15(24)22-13-8-9(16(18,19)20)6-7-11(13)17;/h2-8H,1H3,(H2,21,22,24);1H. The van der Waals surface area contributed by atoms with E-state index in [1.807, 2.05) is 5.32 Å². The van der Waals surface area contributed by atoms with Crippen LogP contribution < -0.4 is 10.6 Å². The van der Waals surface area contributed by atoms with Crippen molar-refractivity contribution in [3.05, 3.63) is 59.4 Å². The lowest BCUT2D eigenvalue weighted by Gasteiger charge is -2.13. The summed E-state index contributed by atoms with van der Waals surface area (Å²) in [4.78, 5) is 23.5. The fraction of sp³-hybridized carbons (Fsp3) is 0.125. The molecule has 0 spiro atoms. The molecular formula is C16H13ClF4N2O3. The van der Waals surface area contributed by atoms with Crippen LogP contribution in [-0.4, -0.2) is 19.1 Å². The van der Waals surface area contributed by atoms with E-state index < -0.39 is 35.2 Å². The first-order chi connectivity index (χ1) is 11.7. The molecule has 2 amide bonds. The Morgan fingerprint density at radius 2 is 1.62 bits per heavy atom. The third-order valence-corrected chi connectivity index (χ3v) is 3.12. The summed E-state index contributed by atoms with van der Waals surface area (Å²) in [5.41, 5.74) is -1.68. The van der Waals surface area contributed by atoms with Crippen molar-refractivity contribution in [2.75, 3.05) is 17.7 Å². The van der Waals surface area contributed by atoms with Gasteiger partial charge in [0.1, 0.15) is 5.82 Å². The van der Waals surface area contributed by atoms with E-state index in [-0.39, 0.29) is 23.7 Å². The minimum atomic E-state index is -4.68. The maximum atomic E-state index is 13.6. The highest BCUT2D eigenvalue weighted by atomic mass is 35.5. The molecule has 5 nitrogen and oxygen atoms in total. The monoisotopic (exact) mass is 392 g/mol. The molecule has 0 aliphatic heterocycles. The summed E-state index contributed by atoms with van der Waals surface area (Å²) < 4.78 is 56.2. The zero-order valence-corrected chi connectivity index (χ0v) is 14.0. The van der Waals surface area contributed by atoms with Crippen molar-refractivity contribution < 1.29 is 31.9 Å². The third kappa shape index (κ3) is 5.09. The highest BCUT2D eigenvalue weighted by molar-refractivity contribution is 6.05. The number of carbonyl (C=O) groups is 2. The van der Waals surface area contributed by atoms with E-state index in [9.17, 15) is 27.2 Å². The average Bonchev–Trinajstić information content (AvgIpc) is 2.55. The van der Waals surface area contributed by atoms with Crippen molar-refractivity contribution in [2.24, 2.45) is 0 Å². The number of methoxy groups -OCH3 is 1. The van der Waals surface area contributed by atoms with Gasteiger partial charge in [-0.3, -0.25) is 0 Å². The number of benzene rings is 2. The number of esters is 1. The molecule has 0 aliphatic carbocycles. The molecule has 0 heterocycles. The van der Waals surface area contributed by atoms with Crippen LogP contribution in [-0.2, 0) is 10.9 Å². The van der Waals surface area contributed by atoms with Gasteiger partial charge in [0.2, 0.25) is 0 Å². The lowest BCUT2D eigenvalue weighted by molar-refractivity contribution is -0.137. The SMILES string of the molecule is COC(=O)c1ccccc1NC(=O)Nc1cc(C(F)(F)F)ccc1F.Cl. The zero-order valence-electron chi connectivity index (χ0n) is 13.2. The Labute approximate surface area is 151 Å². The molecule has 140 valence electrons. The van der Waals surface area contributed by atoms with E-state index in [0.717, 1.165) is 7.11 Å². The molecule has 10 heteroatoms. The molecule has 2 aromatic carbocycles. The molecule has 0 aromatic heterocycles. The van der Waals surface area contributed by atoms with Crippen molar-refractivity contribution in [3.8, 4) is 0 Å².